The van der Waals surface area contributed by atoms with E-state index >= 15 is 0 Å². The summed E-state index contributed by atoms with van der Waals surface area (Å²) in [5.74, 6) is 0.398. The topological polar surface area (TPSA) is 63.7 Å². The Hall–Kier alpha value is -1.24. The number of rotatable bonds is 5. The van der Waals surface area contributed by atoms with Crippen LogP contribution in [0.25, 0.3) is 0 Å². The summed E-state index contributed by atoms with van der Waals surface area (Å²) >= 11 is 0. The SMILES string of the molecule is CN(CC1Cc2ccccc2CO1)S(=O)(=O)CC12CCC(CC1=O)C2(C)C. The number of ketones is 1. The number of likely N-dealkylation sites (N-methyl/N-ethyl adjacent to an activating group) is 1. The Morgan fingerprint density at radius 2 is 1.89 bits per heavy atom. The Morgan fingerprint density at radius 3 is 2.52 bits per heavy atom. The van der Waals surface area contributed by atoms with E-state index in [1.165, 1.54) is 15.4 Å². The number of carbonyl (C=O) groups is 1. The lowest BCUT2D eigenvalue weighted by Gasteiger charge is -2.37. The molecule has 6 heteroatoms. The van der Waals surface area contributed by atoms with Crippen LogP contribution < -0.4 is 0 Å². The molecule has 5 nitrogen and oxygen atoms in total. The molecule has 2 bridgehead atoms. The average molecular weight is 392 g/mol. The van der Waals surface area contributed by atoms with Gasteiger partial charge in [0.2, 0.25) is 10.0 Å². The second-order valence-corrected chi connectivity index (χ2v) is 11.2. The molecule has 0 radical (unpaired) electrons. The third kappa shape index (κ3) is 2.97. The number of hydrogen-bond acceptors (Lipinski definition) is 4. The number of hydrogen-bond donors (Lipinski definition) is 0. The van der Waals surface area contributed by atoms with E-state index in [2.05, 4.69) is 26.0 Å². The fourth-order valence-electron chi connectivity index (χ4n) is 5.46. The van der Waals surface area contributed by atoms with Gasteiger partial charge in [0.15, 0.2) is 0 Å². The van der Waals surface area contributed by atoms with Crippen molar-refractivity contribution in [1.82, 2.24) is 4.31 Å². The van der Waals surface area contributed by atoms with Gasteiger partial charge in [-0.3, -0.25) is 4.79 Å². The van der Waals surface area contributed by atoms with E-state index < -0.39 is 15.4 Å². The first-order valence-electron chi connectivity index (χ1n) is 9.81. The van der Waals surface area contributed by atoms with Crippen molar-refractivity contribution in [3.63, 3.8) is 0 Å². The normalized spacial score (nSPS) is 32.1. The maximum Gasteiger partial charge on any atom is 0.214 e. The monoisotopic (exact) mass is 391 g/mol. The molecule has 27 heavy (non-hydrogen) atoms. The first kappa shape index (κ1) is 19.1. The number of ether oxygens (including phenoxy) is 1. The molecule has 0 spiro atoms. The third-order valence-corrected chi connectivity index (χ3v) is 9.50. The third-order valence-electron chi connectivity index (χ3n) is 7.54. The quantitative estimate of drug-likeness (QED) is 0.774. The van der Waals surface area contributed by atoms with Crippen LogP contribution >= 0.6 is 0 Å². The van der Waals surface area contributed by atoms with E-state index in [-0.39, 0.29) is 23.1 Å². The minimum Gasteiger partial charge on any atom is -0.372 e. The molecule has 1 aromatic carbocycles. The van der Waals surface area contributed by atoms with Gasteiger partial charge in [0.1, 0.15) is 5.78 Å². The second-order valence-electron chi connectivity index (χ2n) is 9.11. The fraction of sp³-hybridized carbons (Fsp3) is 0.667. The van der Waals surface area contributed by atoms with Gasteiger partial charge in [0, 0.05) is 31.8 Å². The van der Waals surface area contributed by atoms with E-state index in [9.17, 15) is 13.2 Å². The molecule has 1 heterocycles. The predicted octanol–water partition coefficient (Wildman–Crippen LogP) is 2.78. The summed E-state index contributed by atoms with van der Waals surface area (Å²) in [7, 11) is -1.92. The van der Waals surface area contributed by atoms with Crippen molar-refractivity contribution in [2.45, 2.75) is 52.2 Å². The van der Waals surface area contributed by atoms with Gasteiger partial charge in [-0.1, -0.05) is 38.1 Å². The lowest BCUT2D eigenvalue weighted by molar-refractivity contribution is -0.128. The van der Waals surface area contributed by atoms with Crippen LogP contribution in [-0.2, 0) is 32.6 Å². The smallest absolute Gasteiger partial charge is 0.214 e. The van der Waals surface area contributed by atoms with Crippen molar-refractivity contribution >= 4 is 15.8 Å². The van der Waals surface area contributed by atoms with E-state index in [1.54, 1.807) is 7.05 Å². The van der Waals surface area contributed by atoms with Crippen molar-refractivity contribution in [3.8, 4) is 0 Å². The molecule has 0 aromatic heterocycles. The molecule has 0 N–H and O–H groups in total. The van der Waals surface area contributed by atoms with Gasteiger partial charge in [-0.2, -0.15) is 0 Å². The minimum absolute atomic E-state index is 0.0673. The largest absolute Gasteiger partial charge is 0.372 e. The van der Waals surface area contributed by atoms with Gasteiger partial charge in [0.25, 0.3) is 0 Å². The van der Waals surface area contributed by atoms with Gasteiger partial charge in [-0.05, 0) is 35.3 Å². The first-order chi connectivity index (χ1) is 12.7. The molecule has 0 saturated heterocycles. The molecular formula is C21H29NO4S. The highest BCUT2D eigenvalue weighted by molar-refractivity contribution is 7.89. The molecule has 2 aliphatic carbocycles. The zero-order valence-electron chi connectivity index (χ0n) is 16.4. The highest BCUT2D eigenvalue weighted by Crippen LogP contribution is 2.64. The van der Waals surface area contributed by atoms with Crippen molar-refractivity contribution in [2.75, 3.05) is 19.3 Å². The van der Waals surface area contributed by atoms with Gasteiger partial charge in [-0.15, -0.1) is 0 Å². The maximum atomic E-state index is 13.1. The van der Waals surface area contributed by atoms with Crippen molar-refractivity contribution in [1.29, 1.82) is 0 Å². The maximum absolute atomic E-state index is 13.1. The first-order valence-corrected chi connectivity index (χ1v) is 11.4. The van der Waals surface area contributed by atoms with Crippen LogP contribution in [0, 0.1) is 16.7 Å². The molecule has 0 amide bonds. The van der Waals surface area contributed by atoms with Crippen LogP contribution in [0.5, 0.6) is 0 Å². The molecule has 3 atom stereocenters. The average Bonchev–Trinajstić information content (AvgIpc) is 2.95. The van der Waals surface area contributed by atoms with Crippen LogP contribution in [0.15, 0.2) is 24.3 Å². The van der Waals surface area contributed by atoms with Crippen LogP contribution in [0.1, 0.15) is 44.2 Å². The van der Waals surface area contributed by atoms with Crippen molar-refractivity contribution in [3.05, 3.63) is 35.4 Å². The Morgan fingerprint density at radius 1 is 1.19 bits per heavy atom. The highest BCUT2D eigenvalue weighted by Gasteiger charge is 2.65. The number of sulfonamides is 1. The summed E-state index contributed by atoms with van der Waals surface area (Å²) in [6, 6.07) is 8.13. The highest BCUT2D eigenvalue weighted by atomic mass is 32.2. The Bertz CT molecular complexity index is 863. The lowest BCUT2D eigenvalue weighted by Crippen LogP contribution is -2.47. The number of fused-ring (bicyclic) bond motifs is 3. The fourth-order valence-corrected chi connectivity index (χ4v) is 7.37. The number of nitrogens with zero attached hydrogens (tertiary/aromatic N) is 1. The van der Waals surface area contributed by atoms with Crippen molar-refractivity contribution in [2.24, 2.45) is 16.7 Å². The van der Waals surface area contributed by atoms with Gasteiger partial charge < -0.3 is 4.74 Å². The van der Waals surface area contributed by atoms with Gasteiger partial charge in [0.05, 0.1) is 18.5 Å². The zero-order chi connectivity index (χ0) is 19.4. The molecule has 1 aromatic rings. The number of Topliss-reactive ketones (excluding diaryl/α,β-unsaturated/α-hetero) is 1. The van der Waals surface area contributed by atoms with Crippen LogP contribution in [0.2, 0.25) is 0 Å². The van der Waals surface area contributed by atoms with Gasteiger partial charge >= 0.3 is 0 Å². The van der Waals surface area contributed by atoms with Crippen LogP contribution in [-0.4, -0.2) is 44.0 Å². The van der Waals surface area contributed by atoms with E-state index in [4.69, 9.17) is 4.74 Å². The van der Waals surface area contributed by atoms with Gasteiger partial charge in [-0.25, -0.2) is 12.7 Å². The summed E-state index contributed by atoms with van der Waals surface area (Å²) in [5.41, 5.74) is 1.45. The molecule has 2 fully saturated rings. The van der Waals surface area contributed by atoms with E-state index in [1.807, 2.05) is 12.1 Å². The summed E-state index contributed by atoms with van der Waals surface area (Å²) in [6.07, 6.45) is 2.76. The predicted molar refractivity (Wildman–Crippen MR) is 104 cm³/mol. The second kappa shape index (κ2) is 6.39. The van der Waals surface area contributed by atoms with Crippen LogP contribution in [0.3, 0.4) is 0 Å². The lowest BCUT2D eigenvalue weighted by atomic mass is 9.70. The number of carbonyl (C=O) groups excluding carboxylic acids is 1. The molecular weight excluding hydrogens is 362 g/mol. The summed E-state index contributed by atoms with van der Waals surface area (Å²) in [5, 5.41) is 0. The molecule has 148 valence electrons. The van der Waals surface area contributed by atoms with Crippen LogP contribution in [0.4, 0.5) is 0 Å². The van der Waals surface area contributed by atoms with E-state index in [0.29, 0.717) is 38.3 Å². The summed E-state index contributed by atoms with van der Waals surface area (Å²) in [4.78, 5) is 12.7. The Kier molecular flexibility index (Phi) is 4.52. The standard InChI is InChI=1S/C21H29NO4S/c1-20(2)17-8-9-21(20,19(23)11-17)14-27(24,25)22(3)12-18-10-15-6-4-5-7-16(15)13-26-18/h4-7,17-18H,8-14H2,1-3H3. The summed E-state index contributed by atoms with van der Waals surface area (Å²) < 4.78 is 33.6. The molecule has 4 rings (SSSR count). The van der Waals surface area contributed by atoms with E-state index in [0.717, 1.165) is 6.42 Å². The Balaban J connectivity index is 1.47. The molecule has 2 saturated carbocycles. The molecule has 3 aliphatic rings. The minimum atomic E-state index is -3.54. The molecule has 1 aliphatic heterocycles. The Labute approximate surface area is 162 Å². The molecule has 3 unspecified atom stereocenters. The van der Waals surface area contributed by atoms with Crippen molar-refractivity contribution < 1.29 is 17.9 Å². The summed E-state index contributed by atoms with van der Waals surface area (Å²) in [6.45, 7) is 5.00. The number of benzene rings is 1. The zero-order valence-corrected chi connectivity index (χ0v) is 17.2.